The fourth-order valence-corrected chi connectivity index (χ4v) is 0.144. The predicted molar refractivity (Wildman–Crippen MR) is 45.9 cm³/mol. The van der Waals surface area contributed by atoms with Gasteiger partial charge in [-0.1, -0.05) is 0 Å². The zero-order chi connectivity index (χ0) is 11.3. The second-order valence-electron chi connectivity index (χ2n) is 3.41. The maximum atomic E-state index is 11.6. The molecular weight excluding hydrogens is 252 g/mol. The van der Waals surface area contributed by atoms with Gasteiger partial charge in [0.2, 0.25) is 0 Å². The Morgan fingerprint density at radius 3 is 1.31 bits per heavy atom. The van der Waals surface area contributed by atoms with Gasteiger partial charge in [-0.2, -0.15) is 0 Å². The summed E-state index contributed by atoms with van der Waals surface area (Å²) < 4.78 is 38.7. The molecule has 0 spiro atoms. The molecule has 0 amide bonds. The second-order valence-corrected chi connectivity index (χ2v) is 6.29. The first-order chi connectivity index (χ1) is 5.54. The van der Waals surface area contributed by atoms with Crippen molar-refractivity contribution >= 4 is 7.92 Å². The van der Waals surface area contributed by atoms with Gasteiger partial charge in [-0.25, -0.2) is 0 Å². The van der Waals surface area contributed by atoms with Gasteiger partial charge in [-0.3, -0.25) is 0 Å². The molecule has 0 aromatic carbocycles. The van der Waals surface area contributed by atoms with Crippen molar-refractivity contribution < 1.29 is 33.3 Å². The van der Waals surface area contributed by atoms with Crippen molar-refractivity contribution in [3.8, 4) is 0 Å². The van der Waals surface area contributed by atoms with Gasteiger partial charge in [0.25, 0.3) is 0 Å². The van der Waals surface area contributed by atoms with Crippen molar-refractivity contribution in [3.05, 3.63) is 0 Å². The summed E-state index contributed by atoms with van der Waals surface area (Å²) >= 11 is 3.96. The fraction of sp³-hybridized carbons (Fsp3) is 1.00. The molecule has 0 radical (unpaired) electrons. The van der Waals surface area contributed by atoms with Gasteiger partial charge < -0.3 is 0 Å². The molecule has 0 heterocycles. The van der Waals surface area contributed by atoms with Gasteiger partial charge in [0, 0.05) is 0 Å². The van der Waals surface area contributed by atoms with Crippen molar-refractivity contribution in [2.45, 2.75) is 25.6 Å². The van der Waals surface area contributed by atoms with Crippen LogP contribution >= 0.6 is 7.92 Å². The maximum Gasteiger partial charge on any atom is -0.0449 e. The smallest absolute Gasteiger partial charge is 0.0449 e. The largest absolute Gasteiger partial charge is 0.116 e. The van der Waals surface area contributed by atoms with Crippen LogP contribution in [0.4, 0.5) is 13.2 Å². The quantitative estimate of drug-likeness (QED) is 0.523. The van der Waals surface area contributed by atoms with E-state index in [0.717, 1.165) is 13.8 Å². The summed E-state index contributed by atoms with van der Waals surface area (Å²) in [5.74, 6) is 0. The van der Waals surface area contributed by atoms with Gasteiger partial charge >= 0.3 is 59.0 Å². The van der Waals surface area contributed by atoms with E-state index in [1.807, 2.05) is 0 Å². The number of halogens is 3. The van der Waals surface area contributed by atoms with Crippen molar-refractivity contribution in [3.63, 3.8) is 0 Å². The molecule has 1 nitrogen and oxygen atoms in total. The van der Waals surface area contributed by atoms with Crippen LogP contribution in [0.1, 0.15) is 13.8 Å². The van der Waals surface area contributed by atoms with E-state index in [2.05, 4.69) is 40.2 Å². The topological polar surface area (TPSA) is 9.23 Å². The zero-order valence-electron chi connectivity index (χ0n) is 8.29. The molecule has 0 atom stereocenters. The minimum atomic E-state index is -4.39. The van der Waals surface area contributed by atoms with Gasteiger partial charge in [0.05, 0.1) is 0 Å². The second kappa shape index (κ2) is 6.23. The van der Waals surface area contributed by atoms with E-state index < -0.39 is 11.8 Å². The Morgan fingerprint density at radius 2 is 1.31 bits per heavy atom. The third-order valence-corrected chi connectivity index (χ3v) is 1.32. The molecule has 0 aliphatic carbocycles. The summed E-state index contributed by atoms with van der Waals surface area (Å²) in [6, 6.07) is 0. The van der Waals surface area contributed by atoms with Crippen LogP contribution in [-0.4, -0.2) is 31.8 Å². The number of rotatable bonds is 1. The maximum absolute atomic E-state index is 11.6. The normalized spacial score (nSPS) is 12.5. The van der Waals surface area contributed by atoms with E-state index in [1.165, 1.54) is 0 Å². The van der Waals surface area contributed by atoms with Crippen LogP contribution in [0.5, 0.6) is 0 Å². The first-order valence-corrected chi connectivity index (χ1v) is 6.55. The Labute approximate surface area is 87.3 Å². The Morgan fingerprint density at radius 1 is 1.08 bits per heavy atom. The Kier molecular flexibility index (Phi) is 7.74. The molecule has 6 heteroatoms. The molecule has 0 fully saturated rings. The molecule has 0 aliphatic rings. The van der Waals surface area contributed by atoms with Crippen LogP contribution < -0.4 is 0 Å². The number of alkyl halides is 3. The van der Waals surface area contributed by atoms with Gasteiger partial charge in [0.1, 0.15) is 0 Å². The molecule has 0 bridgehead atoms. The molecule has 0 N–H and O–H groups in total. The molecule has 86 valence electrons. The van der Waals surface area contributed by atoms with E-state index in [9.17, 15) is 13.2 Å². The summed E-state index contributed by atoms with van der Waals surface area (Å²) in [6.45, 7) is 8.43. The fourth-order valence-electron chi connectivity index (χ4n) is 0.0349. The SMILES string of the molecule is CC(C)([O][Cu])C(F)(F)F.CP(C)C. The Balaban J connectivity index is 0. The molecule has 0 aromatic heterocycles. The monoisotopic (exact) mass is 266 g/mol. The van der Waals surface area contributed by atoms with Crippen molar-refractivity contribution in [2.75, 3.05) is 20.0 Å². The molecule has 0 rings (SSSR count). The molecule has 0 aliphatic heterocycles. The first-order valence-electron chi connectivity index (χ1n) is 3.49. The minimum absolute atomic E-state index is 0.380. The van der Waals surface area contributed by atoms with E-state index in [0.29, 0.717) is 7.92 Å². The molecule has 0 saturated heterocycles. The third kappa shape index (κ3) is 9.01. The summed E-state index contributed by atoms with van der Waals surface area (Å²) in [7, 11) is 0.380. The summed E-state index contributed by atoms with van der Waals surface area (Å²) in [6.07, 6.45) is -4.39. The van der Waals surface area contributed by atoms with E-state index >= 15 is 0 Å². The molecule has 0 unspecified atom stereocenters. The average molecular weight is 267 g/mol. The van der Waals surface area contributed by atoms with Crippen molar-refractivity contribution in [1.29, 1.82) is 0 Å². The predicted octanol–water partition coefficient (Wildman–Crippen LogP) is 3.16. The Hall–Kier alpha value is 0.699. The van der Waals surface area contributed by atoms with Crippen LogP contribution in [0.2, 0.25) is 0 Å². The van der Waals surface area contributed by atoms with Gasteiger partial charge in [-0.15, -0.1) is 7.92 Å². The van der Waals surface area contributed by atoms with E-state index in [4.69, 9.17) is 0 Å². The summed E-state index contributed by atoms with van der Waals surface area (Å²) in [5, 5.41) is 0. The van der Waals surface area contributed by atoms with Crippen LogP contribution in [0.15, 0.2) is 0 Å². The molecule has 0 saturated carbocycles. The molecular formula is C7H15CuF3OP. The van der Waals surface area contributed by atoms with E-state index in [-0.39, 0.29) is 0 Å². The van der Waals surface area contributed by atoms with Gasteiger partial charge in [0.15, 0.2) is 0 Å². The first kappa shape index (κ1) is 16.1. The van der Waals surface area contributed by atoms with Gasteiger partial charge in [-0.05, 0) is 20.0 Å². The summed E-state index contributed by atoms with van der Waals surface area (Å²) in [4.78, 5) is 0. The van der Waals surface area contributed by atoms with Crippen molar-refractivity contribution in [2.24, 2.45) is 0 Å². The van der Waals surface area contributed by atoms with Crippen molar-refractivity contribution in [1.82, 2.24) is 0 Å². The minimum Gasteiger partial charge on any atom is -0.116 e. The summed E-state index contributed by atoms with van der Waals surface area (Å²) in [5.41, 5.74) is -2.22. The van der Waals surface area contributed by atoms with Crippen LogP contribution in [-0.2, 0) is 20.2 Å². The Bertz CT molecular complexity index is 133. The van der Waals surface area contributed by atoms with Crippen LogP contribution in [0.25, 0.3) is 0 Å². The molecule has 0 aromatic rings. The van der Waals surface area contributed by atoms with Crippen LogP contribution in [0.3, 0.4) is 0 Å². The van der Waals surface area contributed by atoms with Crippen LogP contribution in [0, 0.1) is 0 Å². The molecule has 13 heavy (non-hydrogen) atoms. The standard InChI is InChI=1S/C4H6F3O.C3H9P.Cu/c1-3(2,8)4(5,6)7;1-4(2)3;/h1-2H3;1-3H3;/q-1;;+1. The average Bonchev–Trinajstić information content (AvgIpc) is 1.84. The number of hydrogen-bond acceptors (Lipinski definition) is 1. The number of hydrogen-bond donors (Lipinski definition) is 0. The van der Waals surface area contributed by atoms with E-state index in [1.54, 1.807) is 0 Å². The third-order valence-electron chi connectivity index (χ3n) is 0.837. The zero-order valence-corrected chi connectivity index (χ0v) is 10.1.